The van der Waals surface area contributed by atoms with E-state index >= 15 is 0 Å². The Morgan fingerprint density at radius 2 is 1.45 bits per heavy atom. The van der Waals surface area contributed by atoms with Crippen LogP contribution in [0, 0.1) is 11.3 Å². The van der Waals surface area contributed by atoms with Crippen LogP contribution in [-0.4, -0.2) is 37.6 Å². The van der Waals surface area contributed by atoms with Crippen molar-refractivity contribution in [2.24, 2.45) is 11.7 Å². The van der Waals surface area contributed by atoms with Gasteiger partial charge in [0.25, 0.3) is 0 Å². The number of hydrogen-bond acceptors (Lipinski definition) is 5. The monoisotopic (exact) mass is 637 g/mol. The summed E-state index contributed by atoms with van der Waals surface area (Å²) in [4.78, 5) is 28.0. The van der Waals surface area contributed by atoms with Gasteiger partial charge in [0, 0.05) is 24.9 Å². The van der Waals surface area contributed by atoms with E-state index < -0.39 is 27.5 Å². The van der Waals surface area contributed by atoms with Gasteiger partial charge in [-0.3, -0.25) is 15.0 Å². The standard InChI is InChI=1S/C33H39N5O4S.ClH/c34-30(35)26-17-15-23(16-18-26)21-36-32(40)33(19-27-13-7-8-14-28(27)20-33)37-31(39)29(25-11-5-2-6-12-25)38-43(41,42)22-24-9-3-1-4-10-24;/h1,3-4,7-10,13-18,25,29,38H,2,5-6,11-12,19-22H2,(H3,34,35)(H,36,40)(H,37,39);1H/t29-;/m1./s1. The maximum Gasteiger partial charge on any atom is 0.246 e. The second-order valence-electron chi connectivity index (χ2n) is 11.7. The minimum atomic E-state index is -3.85. The molecule has 44 heavy (non-hydrogen) atoms. The summed E-state index contributed by atoms with van der Waals surface area (Å²) in [5.41, 5.74) is 8.29. The lowest BCUT2D eigenvalue weighted by atomic mass is 9.83. The van der Waals surface area contributed by atoms with Crippen molar-refractivity contribution in [3.8, 4) is 0 Å². The molecule has 234 valence electrons. The smallest absolute Gasteiger partial charge is 0.246 e. The first-order valence-corrected chi connectivity index (χ1v) is 16.4. The van der Waals surface area contributed by atoms with Crippen LogP contribution in [0.3, 0.4) is 0 Å². The quantitative estimate of drug-likeness (QED) is 0.160. The number of nitrogens with one attached hydrogen (secondary N) is 4. The molecule has 0 heterocycles. The topological polar surface area (TPSA) is 154 Å². The van der Waals surface area contributed by atoms with Crippen molar-refractivity contribution in [3.63, 3.8) is 0 Å². The highest BCUT2D eigenvalue weighted by Gasteiger charge is 2.47. The minimum Gasteiger partial charge on any atom is -0.384 e. The van der Waals surface area contributed by atoms with Crippen molar-refractivity contribution in [1.82, 2.24) is 15.4 Å². The van der Waals surface area contributed by atoms with E-state index in [0.29, 0.717) is 24.0 Å². The maximum atomic E-state index is 14.1. The summed E-state index contributed by atoms with van der Waals surface area (Å²) in [6.07, 6.45) is 4.99. The Hall–Kier alpha value is -3.73. The fourth-order valence-electron chi connectivity index (χ4n) is 6.25. The lowest BCUT2D eigenvalue weighted by Crippen LogP contribution is -2.64. The van der Waals surface area contributed by atoms with Gasteiger partial charge in [0.2, 0.25) is 21.8 Å². The Morgan fingerprint density at radius 3 is 2.05 bits per heavy atom. The third-order valence-corrected chi connectivity index (χ3v) is 9.85. The van der Waals surface area contributed by atoms with Gasteiger partial charge in [-0.1, -0.05) is 98.1 Å². The molecule has 0 spiro atoms. The van der Waals surface area contributed by atoms with Crippen molar-refractivity contribution >= 4 is 40.1 Å². The molecule has 0 saturated heterocycles. The zero-order chi connectivity index (χ0) is 30.5. The Kier molecular flexibility index (Phi) is 10.8. The SMILES string of the molecule is Cl.N=C(N)c1ccc(CNC(=O)C2(NC(=O)[C@H](NS(=O)(=O)Cc3ccccc3)C3CCCCC3)Cc3ccccc3C2)cc1. The molecule has 0 unspecified atom stereocenters. The fourth-order valence-corrected chi connectivity index (χ4v) is 7.65. The molecule has 1 atom stereocenters. The number of carbonyl (C=O) groups excluding carboxylic acids is 2. The molecule has 0 radical (unpaired) electrons. The first-order valence-electron chi connectivity index (χ1n) is 14.8. The van der Waals surface area contributed by atoms with Crippen LogP contribution in [-0.2, 0) is 44.8 Å². The number of rotatable bonds is 11. The molecular weight excluding hydrogens is 598 g/mol. The van der Waals surface area contributed by atoms with E-state index in [2.05, 4.69) is 15.4 Å². The summed E-state index contributed by atoms with van der Waals surface area (Å²) in [6, 6.07) is 22.7. The van der Waals surface area contributed by atoms with Crippen molar-refractivity contribution in [1.29, 1.82) is 5.41 Å². The summed E-state index contributed by atoms with van der Waals surface area (Å²) >= 11 is 0. The van der Waals surface area contributed by atoms with Gasteiger partial charge in [0.15, 0.2) is 0 Å². The number of fused-ring (bicyclic) bond motifs is 1. The summed E-state index contributed by atoms with van der Waals surface area (Å²) in [7, 11) is -3.85. The van der Waals surface area contributed by atoms with E-state index in [-0.39, 0.29) is 42.4 Å². The Balaban J connectivity index is 0.00000442. The van der Waals surface area contributed by atoms with Crippen molar-refractivity contribution in [2.45, 2.75) is 68.8 Å². The molecule has 3 aromatic rings. The average Bonchev–Trinajstić information content (AvgIpc) is 3.39. The predicted molar refractivity (Wildman–Crippen MR) is 174 cm³/mol. The lowest BCUT2D eigenvalue weighted by Gasteiger charge is -2.35. The van der Waals surface area contributed by atoms with Gasteiger partial charge in [-0.15, -0.1) is 12.4 Å². The van der Waals surface area contributed by atoms with E-state index in [0.717, 1.165) is 48.8 Å². The minimum absolute atomic E-state index is 0. The van der Waals surface area contributed by atoms with Crippen LogP contribution in [0.4, 0.5) is 0 Å². The normalized spacial score (nSPS) is 16.6. The first-order chi connectivity index (χ1) is 20.6. The Bertz CT molecular complexity index is 1550. The van der Waals surface area contributed by atoms with Gasteiger partial charge in [0.1, 0.15) is 17.4 Å². The van der Waals surface area contributed by atoms with Gasteiger partial charge in [-0.05, 0) is 41.0 Å². The molecule has 0 aliphatic heterocycles. The molecular formula is C33H40ClN5O4S. The number of hydrogen-bond donors (Lipinski definition) is 5. The van der Waals surface area contributed by atoms with Crippen molar-refractivity contribution in [2.75, 3.05) is 0 Å². The first kappa shape index (κ1) is 33.2. The van der Waals surface area contributed by atoms with Crippen LogP contribution < -0.4 is 21.1 Å². The number of amides is 2. The summed E-state index contributed by atoms with van der Waals surface area (Å²) in [5.74, 6) is -1.24. The number of benzene rings is 3. The van der Waals surface area contributed by atoms with Gasteiger partial charge in [0.05, 0.1) is 5.75 Å². The number of nitrogen functional groups attached to an aromatic ring is 1. The molecule has 9 nitrogen and oxygen atoms in total. The lowest BCUT2D eigenvalue weighted by molar-refractivity contribution is -0.135. The van der Waals surface area contributed by atoms with Crippen LogP contribution in [0.1, 0.15) is 59.9 Å². The number of sulfonamides is 1. The maximum absolute atomic E-state index is 14.1. The van der Waals surface area contributed by atoms with Crippen LogP contribution >= 0.6 is 12.4 Å². The van der Waals surface area contributed by atoms with Gasteiger partial charge < -0.3 is 16.4 Å². The van der Waals surface area contributed by atoms with Crippen molar-refractivity contribution < 1.29 is 18.0 Å². The highest BCUT2D eigenvalue weighted by Crippen LogP contribution is 2.32. The van der Waals surface area contributed by atoms with E-state index in [4.69, 9.17) is 11.1 Å². The van der Waals surface area contributed by atoms with E-state index in [1.165, 1.54) is 0 Å². The predicted octanol–water partition coefficient (Wildman–Crippen LogP) is 3.73. The number of nitrogens with two attached hydrogens (primary N) is 1. The third kappa shape index (κ3) is 8.05. The molecule has 11 heteroatoms. The molecule has 2 aliphatic rings. The van der Waals surface area contributed by atoms with Gasteiger partial charge >= 0.3 is 0 Å². The Labute approximate surface area is 265 Å². The second-order valence-corrected chi connectivity index (χ2v) is 13.5. The number of carbonyl (C=O) groups is 2. The zero-order valence-corrected chi connectivity index (χ0v) is 26.2. The number of amidine groups is 1. The fraction of sp³-hybridized carbons (Fsp3) is 0.364. The molecule has 1 saturated carbocycles. The summed E-state index contributed by atoms with van der Waals surface area (Å²) in [6.45, 7) is 0.223. The highest BCUT2D eigenvalue weighted by atomic mass is 35.5. The summed E-state index contributed by atoms with van der Waals surface area (Å²) in [5, 5.41) is 13.6. The molecule has 2 aliphatic carbocycles. The molecule has 1 fully saturated rings. The van der Waals surface area contributed by atoms with E-state index in [1.807, 2.05) is 30.3 Å². The highest BCUT2D eigenvalue weighted by molar-refractivity contribution is 7.88. The van der Waals surface area contributed by atoms with Crippen LogP contribution in [0.2, 0.25) is 0 Å². The third-order valence-electron chi connectivity index (χ3n) is 8.53. The summed E-state index contributed by atoms with van der Waals surface area (Å²) < 4.78 is 29.4. The average molecular weight is 638 g/mol. The van der Waals surface area contributed by atoms with E-state index in [9.17, 15) is 18.0 Å². The van der Waals surface area contributed by atoms with E-state index in [1.54, 1.807) is 48.5 Å². The van der Waals surface area contributed by atoms with Gasteiger partial charge in [-0.25, -0.2) is 13.1 Å². The Morgan fingerprint density at radius 1 is 0.864 bits per heavy atom. The largest absolute Gasteiger partial charge is 0.384 e. The van der Waals surface area contributed by atoms with Crippen molar-refractivity contribution in [3.05, 3.63) is 107 Å². The van der Waals surface area contributed by atoms with Crippen LogP contribution in [0.25, 0.3) is 0 Å². The second kappa shape index (κ2) is 14.4. The van der Waals surface area contributed by atoms with Crippen LogP contribution in [0.5, 0.6) is 0 Å². The molecule has 2 amide bonds. The van der Waals surface area contributed by atoms with Gasteiger partial charge in [-0.2, -0.15) is 0 Å². The molecule has 3 aromatic carbocycles. The number of halogens is 1. The molecule has 0 bridgehead atoms. The zero-order valence-electron chi connectivity index (χ0n) is 24.6. The van der Waals surface area contributed by atoms with Crippen LogP contribution in [0.15, 0.2) is 78.9 Å². The molecule has 5 rings (SSSR count). The molecule has 0 aromatic heterocycles. The molecule has 6 N–H and O–H groups in total.